The lowest BCUT2D eigenvalue weighted by Crippen LogP contribution is -2.41. The van der Waals surface area contributed by atoms with E-state index in [1.54, 1.807) is 6.07 Å². The number of carbonyl (C=O) groups is 1. The van der Waals surface area contributed by atoms with Gasteiger partial charge in [-0.3, -0.25) is 4.79 Å². The first kappa shape index (κ1) is 17.7. The minimum atomic E-state index is -0.126. The number of nitrogens with one attached hydrogen (secondary N) is 1. The number of amides is 1. The second-order valence-corrected chi connectivity index (χ2v) is 7.32. The van der Waals surface area contributed by atoms with Gasteiger partial charge >= 0.3 is 0 Å². The highest BCUT2D eigenvalue weighted by Gasteiger charge is 2.28. The first-order valence-electron chi connectivity index (χ1n) is 8.92. The lowest BCUT2D eigenvalue weighted by molar-refractivity contribution is -0.120. The Morgan fingerprint density at radius 1 is 1.33 bits per heavy atom. The molecule has 1 fully saturated rings. The molecule has 1 aromatic carbocycles. The first-order chi connectivity index (χ1) is 13.0. The average Bonchev–Trinajstić information content (AvgIpc) is 3.05. The van der Waals surface area contributed by atoms with E-state index in [9.17, 15) is 4.79 Å². The van der Waals surface area contributed by atoms with Crippen LogP contribution in [0.1, 0.15) is 24.1 Å². The van der Waals surface area contributed by atoms with Gasteiger partial charge in [-0.1, -0.05) is 16.8 Å². The molecule has 1 amide bonds. The van der Waals surface area contributed by atoms with Gasteiger partial charge in [0, 0.05) is 23.8 Å². The Bertz CT molecular complexity index is 1000. The minimum absolute atomic E-state index is 0.0115. The molecule has 1 aliphatic rings. The smallest absolute Gasteiger partial charge is 0.263 e. The maximum Gasteiger partial charge on any atom is 0.263 e. The molecule has 1 N–H and O–H groups in total. The SMILES string of the molecule is Cc1cc(Cl)ccc1NC(=O)C1CCCN(c2ncnc3onc(C)c23)C1. The molecule has 27 heavy (non-hydrogen) atoms. The molecule has 7 nitrogen and oxygen atoms in total. The molecule has 3 aromatic rings. The van der Waals surface area contributed by atoms with Crippen LogP contribution in [0.15, 0.2) is 29.0 Å². The molecule has 1 unspecified atom stereocenters. The normalized spacial score (nSPS) is 17.3. The Morgan fingerprint density at radius 3 is 3.00 bits per heavy atom. The summed E-state index contributed by atoms with van der Waals surface area (Å²) < 4.78 is 5.24. The van der Waals surface area contributed by atoms with Crippen LogP contribution in [0.4, 0.5) is 11.5 Å². The maximum atomic E-state index is 12.8. The van der Waals surface area contributed by atoms with E-state index in [1.807, 2.05) is 26.0 Å². The summed E-state index contributed by atoms with van der Waals surface area (Å²) in [6.45, 7) is 5.23. The molecular weight excluding hydrogens is 366 g/mol. The molecule has 4 rings (SSSR count). The zero-order valence-corrected chi connectivity index (χ0v) is 16.0. The van der Waals surface area contributed by atoms with Crippen molar-refractivity contribution in [2.75, 3.05) is 23.3 Å². The molecular formula is C19H20ClN5O2. The van der Waals surface area contributed by atoms with Crippen LogP contribution in [0, 0.1) is 19.8 Å². The average molecular weight is 386 g/mol. The number of anilines is 2. The molecule has 3 heterocycles. The van der Waals surface area contributed by atoms with Gasteiger partial charge in [-0.05, 0) is 50.5 Å². The van der Waals surface area contributed by atoms with Gasteiger partial charge in [0.05, 0.1) is 11.6 Å². The van der Waals surface area contributed by atoms with Gasteiger partial charge in [0.15, 0.2) is 0 Å². The van der Waals surface area contributed by atoms with Crippen LogP contribution in [0.25, 0.3) is 11.1 Å². The van der Waals surface area contributed by atoms with Crippen LogP contribution in [0.5, 0.6) is 0 Å². The van der Waals surface area contributed by atoms with Crippen molar-refractivity contribution in [3.8, 4) is 0 Å². The second-order valence-electron chi connectivity index (χ2n) is 6.88. The first-order valence-corrected chi connectivity index (χ1v) is 9.29. The third kappa shape index (κ3) is 3.47. The fourth-order valence-corrected chi connectivity index (χ4v) is 3.76. The van der Waals surface area contributed by atoms with Gasteiger partial charge in [0.25, 0.3) is 5.71 Å². The van der Waals surface area contributed by atoms with Crippen molar-refractivity contribution < 1.29 is 9.32 Å². The van der Waals surface area contributed by atoms with E-state index >= 15 is 0 Å². The lowest BCUT2D eigenvalue weighted by Gasteiger charge is -2.33. The minimum Gasteiger partial charge on any atom is -0.355 e. The van der Waals surface area contributed by atoms with Crippen LogP contribution in [-0.4, -0.2) is 34.1 Å². The molecule has 2 aromatic heterocycles. The third-order valence-corrected chi connectivity index (χ3v) is 5.20. The van der Waals surface area contributed by atoms with Gasteiger partial charge in [0.1, 0.15) is 17.5 Å². The van der Waals surface area contributed by atoms with Crippen LogP contribution in [0.3, 0.4) is 0 Å². The Balaban J connectivity index is 1.54. The summed E-state index contributed by atoms with van der Waals surface area (Å²) in [7, 11) is 0. The van der Waals surface area contributed by atoms with Gasteiger partial charge in [-0.15, -0.1) is 0 Å². The zero-order valence-electron chi connectivity index (χ0n) is 15.2. The number of nitrogens with zero attached hydrogens (tertiary/aromatic N) is 4. The Kier molecular flexibility index (Phi) is 4.70. The van der Waals surface area contributed by atoms with E-state index in [4.69, 9.17) is 16.1 Å². The van der Waals surface area contributed by atoms with Crippen molar-refractivity contribution in [3.05, 3.63) is 40.8 Å². The Labute approximate surface area is 161 Å². The van der Waals surface area contributed by atoms with Gasteiger partial charge in [-0.2, -0.15) is 4.98 Å². The van der Waals surface area contributed by atoms with Crippen molar-refractivity contribution in [2.24, 2.45) is 5.92 Å². The zero-order chi connectivity index (χ0) is 19.0. The molecule has 1 saturated heterocycles. The second kappa shape index (κ2) is 7.15. The quantitative estimate of drug-likeness (QED) is 0.739. The predicted octanol–water partition coefficient (Wildman–Crippen LogP) is 3.74. The number of fused-ring (bicyclic) bond motifs is 1. The number of benzene rings is 1. The molecule has 140 valence electrons. The summed E-state index contributed by atoms with van der Waals surface area (Å²) in [6.07, 6.45) is 3.22. The number of hydrogen-bond donors (Lipinski definition) is 1. The summed E-state index contributed by atoms with van der Waals surface area (Å²) in [5.41, 5.74) is 2.96. The van der Waals surface area contributed by atoms with Crippen molar-refractivity contribution in [3.63, 3.8) is 0 Å². The summed E-state index contributed by atoms with van der Waals surface area (Å²) in [5, 5.41) is 8.49. The van der Waals surface area contributed by atoms with Crippen molar-refractivity contribution in [1.82, 2.24) is 15.1 Å². The molecule has 0 aliphatic carbocycles. The van der Waals surface area contributed by atoms with Gasteiger partial charge in [0.2, 0.25) is 5.91 Å². The standard InChI is InChI=1S/C19H20ClN5O2/c1-11-8-14(20)5-6-15(11)23-18(26)13-4-3-7-25(9-13)17-16-12(2)24-27-19(16)22-10-21-17/h5-6,8,10,13H,3-4,7,9H2,1-2H3,(H,23,26). The topological polar surface area (TPSA) is 84.2 Å². The summed E-state index contributed by atoms with van der Waals surface area (Å²) >= 11 is 6.00. The van der Waals surface area contributed by atoms with Crippen molar-refractivity contribution in [1.29, 1.82) is 0 Å². The van der Waals surface area contributed by atoms with E-state index in [1.165, 1.54) is 6.33 Å². The van der Waals surface area contributed by atoms with Crippen LogP contribution < -0.4 is 10.2 Å². The highest BCUT2D eigenvalue weighted by Crippen LogP contribution is 2.30. The van der Waals surface area contributed by atoms with Crippen LogP contribution in [0.2, 0.25) is 5.02 Å². The van der Waals surface area contributed by atoms with E-state index in [0.717, 1.165) is 47.5 Å². The summed E-state index contributed by atoms with van der Waals surface area (Å²) in [6, 6.07) is 5.46. The Hall–Kier alpha value is -2.67. The van der Waals surface area contributed by atoms with E-state index in [-0.39, 0.29) is 11.8 Å². The summed E-state index contributed by atoms with van der Waals surface area (Å²) in [5.74, 6) is 0.662. The molecule has 0 radical (unpaired) electrons. The number of rotatable bonds is 3. The third-order valence-electron chi connectivity index (χ3n) is 4.96. The number of carbonyl (C=O) groups excluding carboxylic acids is 1. The maximum absolute atomic E-state index is 12.8. The van der Waals surface area contributed by atoms with E-state index in [0.29, 0.717) is 17.3 Å². The fraction of sp³-hybridized carbons (Fsp3) is 0.368. The number of hydrogen-bond acceptors (Lipinski definition) is 6. The number of halogens is 1. The lowest BCUT2D eigenvalue weighted by atomic mass is 9.96. The van der Waals surface area contributed by atoms with Crippen LogP contribution in [-0.2, 0) is 4.79 Å². The molecule has 0 spiro atoms. The highest BCUT2D eigenvalue weighted by atomic mass is 35.5. The molecule has 1 atom stereocenters. The fourth-order valence-electron chi connectivity index (χ4n) is 3.53. The molecule has 1 aliphatic heterocycles. The molecule has 8 heteroatoms. The van der Waals surface area contributed by atoms with Crippen molar-refractivity contribution in [2.45, 2.75) is 26.7 Å². The molecule has 0 bridgehead atoms. The Morgan fingerprint density at radius 2 is 2.19 bits per heavy atom. The highest BCUT2D eigenvalue weighted by molar-refractivity contribution is 6.30. The van der Waals surface area contributed by atoms with E-state index < -0.39 is 0 Å². The van der Waals surface area contributed by atoms with Crippen LogP contribution >= 0.6 is 11.6 Å². The summed E-state index contributed by atoms with van der Waals surface area (Å²) in [4.78, 5) is 23.5. The number of aryl methyl sites for hydroxylation is 2. The van der Waals surface area contributed by atoms with Crippen molar-refractivity contribution >= 4 is 40.1 Å². The van der Waals surface area contributed by atoms with Gasteiger partial charge in [-0.25, -0.2) is 4.98 Å². The monoisotopic (exact) mass is 385 g/mol. The number of piperidine rings is 1. The van der Waals surface area contributed by atoms with E-state index in [2.05, 4.69) is 25.3 Å². The predicted molar refractivity (Wildman–Crippen MR) is 104 cm³/mol. The number of aromatic nitrogens is 3. The molecule has 0 saturated carbocycles. The van der Waals surface area contributed by atoms with Gasteiger partial charge < -0.3 is 14.7 Å². The largest absolute Gasteiger partial charge is 0.355 e.